The van der Waals surface area contributed by atoms with E-state index in [2.05, 4.69) is 17.6 Å². The second-order valence-electron chi connectivity index (χ2n) is 6.60. The van der Waals surface area contributed by atoms with E-state index in [4.69, 9.17) is 17.0 Å². The van der Waals surface area contributed by atoms with Gasteiger partial charge in [-0.05, 0) is 55.9 Å². The zero-order valence-electron chi connectivity index (χ0n) is 16.6. The minimum absolute atomic E-state index is 0.0191. The van der Waals surface area contributed by atoms with E-state index in [-0.39, 0.29) is 16.7 Å². The highest BCUT2D eigenvalue weighted by Crippen LogP contribution is 2.22. The summed E-state index contributed by atoms with van der Waals surface area (Å²) in [7, 11) is 0. The smallest absolute Gasteiger partial charge is 0.274 e. The Morgan fingerprint density at radius 3 is 2.52 bits per heavy atom. The Bertz CT molecular complexity index is 869. The molecule has 2 aromatic carbocycles. The quantitative estimate of drug-likeness (QED) is 0.259. The highest BCUT2D eigenvalue weighted by atomic mass is 32.1. The summed E-state index contributed by atoms with van der Waals surface area (Å²) >= 11 is 5.13. The number of nitrogens with one attached hydrogen (secondary N) is 2. The van der Waals surface area contributed by atoms with E-state index in [1.807, 2.05) is 0 Å². The maximum absolute atomic E-state index is 12.3. The second kappa shape index (κ2) is 11.1. The van der Waals surface area contributed by atoms with Gasteiger partial charge in [0, 0.05) is 22.9 Å². The number of aryl methyl sites for hydroxylation is 1. The predicted octanol–water partition coefficient (Wildman–Crippen LogP) is 4.99. The molecular formula is C21H25N3O4S. The van der Waals surface area contributed by atoms with Crippen LogP contribution in [0, 0.1) is 17.0 Å². The van der Waals surface area contributed by atoms with Gasteiger partial charge in [0.1, 0.15) is 5.75 Å². The summed E-state index contributed by atoms with van der Waals surface area (Å²) < 4.78 is 5.66. The lowest BCUT2D eigenvalue weighted by molar-refractivity contribution is -0.385. The van der Waals surface area contributed by atoms with E-state index in [0.29, 0.717) is 29.2 Å². The van der Waals surface area contributed by atoms with Gasteiger partial charge in [-0.25, -0.2) is 0 Å². The standard InChI is InChI=1S/C21H25N3O4S/c1-3-4-5-6-13-28-18-11-8-16(9-12-18)20(25)23-21(29)22-17-10-7-15(2)19(14-17)24(26)27/h7-12,14H,3-6,13H2,1-2H3,(H2,22,23,25,29). The Labute approximate surface area is 175 Å². The average Bonchev–Trinajstić information content (AvgIpc) is 2.69. The number of amides is 1. The first-order valence-electron chi connectivity index (χ1n) is 9.51. The summed E-state index contributed by atoms with van der Waals surface area (Å²) in [5.74, 6) is 0.337. The lowest BCUT2D eigenvalue weighted by atomic mass is 10.2. The number of nitro groups is 1. The molecule has 0 saturated heterocycles. The molecule has 0 spiro atoms. The molecule has 2 aromatic rings. The molecule has 0 aliphatic rings. The Morgan fingerprint density at radius 2 is 1.86 bits per heavy atom. The van der Waals surface area contributed by atoms with Gasteiger partial charge in [0.05, 0.1) is 11.5 Å². The fraction of sp³-hybridized carbons (Fsp3) is 0.333. The fourth-order valence-electron chi connectivity index (χ4n) is 2.64. The molecule has 1 amide bonds. The summed E-state index contributed by atoms with van der Waals surface area (Å²) in [4.78, 5) is 22.9. The van der Waals surface area contributed by atoms with Crippen LogP contribution in [0.15, 0.2) is 42.5 Å². The molecule has 154 valence electrons. The molecule has 2 rings (SSSR count). The molecule has 0 aromatic heterocycles. The van der Waals surface area contributed by atoms with E-state index in [1.54, 1.807) is 43.3 Å². The Kier molecular flexibility index (Phi) is 8.54. The van der Waals surface area contributed by atoms with Crippen LogP contribution in [-0.2, 0) is 0 Å². The van der Waals surface area contributed by atoms with E-state index >= 15 is 0 Å². The van der Waals surface area contributed by atoms with E-state index in [0.717, 1.165) is 12.8 Å². The van der Waals surface area contributed by atoms with Crippen molar-refractivity contribution in [2.75, 3.05) is 11.9 Å². The highest BCUT2D eigenvalue weighted by molar-refractivity contribution is 7.80. The molecule has 0 aliphatic heterocycles. The average molecular weight is 416 g/mol. The molecule has 7 nitrogen and oxygen atoms in total. The highest BCUT2D eigenvalue weighted by Gasteiger charge is 2.13. The summed E-state index contributed by atoms with van der Waals surface area (Å²) in [6.45, 7) is 4.47. The van der Waals surface area contributed by atoms with Crippen LogP contribution in [0.1, 0.15) is 48.5 Å². The van der Waals surface area contributed by atoms with Gasteiger partial charge in [0.15, 0.2) is 5.11 Å². The van der Waals surface area contributed by atoms with E-state index in [1.165, 1.54) is 18.9 Å². The zero-order chi connectivity index (χ0) is 21.2. The van der Waals surface area contributed by atoms with Crippen LogP contribution in [0.2, 0.25) is 0 Å². The third kappa shape index (κ3) is 7.15. The van der Waals surface area contributed by atoms with Crippen molar-refractivity contribution in [2.24, 2.45) is 0 Å². The van der Waals surface area contributed by atoms with Crippen LogP contribution in [-0.4, -0.2) is 22.5 Å². The van der Waals surface area contributed by atoms with Gasteiger partial charge in [-0.2, -0.15) is 0 Å². The molecule has 0 aliphatic carbocycles. The molecule has 0 atom stereocenters. The van der Waals surface area contributed by atoms with Gasteiger partial charge in [-0.15, -0.1) is 0 Å². The molecule has 0 bridgehead atoms. The molecular weight excluding hydrogens is 390 g/mol. The number of carbonyl (C=O) groups is 1. The number of thiocarbonyl (C=S) groups is 1. The van der Waals surface area contributed by atoms with Crippen molar-refractivity contribution in [1.82, 2.24) is 5.32 Å². The number of rotatable bonds is 9. The number of nitrogens with zero attached hydrogens (tertiary/aromatic N) is 1. The lowest BCUT2D eigenvalue weighted by Gasteiger charge is -2.11. The van der Waals surface area contributed by atoms with Gasteiger partial charge in [0.2, 0.25) is 0 Å². The number of anilines is 1. The van der Waals surface area contributed by atoms with Crippen molar-refractivity contribution < 1.29 is 14.5 Å². The number of unbranched alkanes of at least 4 members (excludes halogenated alkanes) is 3. The van der Waals surface area contributed by atoms with Crippen LogP contribution in [0.3, 0.4) is 0 Å². The maximum Gasteiger partial charge on any atom is 0.274 e. The van der Waals surface area contributed by atoms with Crippen molar-refractivity contribution in [3.05, 3.63) is 63.7 Å². The summed E-state index contributed by atoms with van der Waals surface area (Å²) in [6, 6.07) is 11.5. The summed E-state index contributed by atoms with van der Waals surface area (Å²) in [6.07, 6.45) is 4.53. The monoisotopic (exact) mass is 415 g/mol. The first-order chi connectivity index (χ1) is 13.9. The molecule has 0 radical (unpaired) electrons. The number of benzene rings is 2. The number of ether oxygens (including phenoxy) is 1. The zero-order valence-corrected chi connectivity index (χ0v) is 17.4. The van der Waals surface area contributed by atoms with Crippen molar-refractivity contribution in [3.8, 4) is 5.75 Å². The van der Waals surface area contributed by atoms with Crippen LogP contribution in [0.25, 0.3) is 0 Å². The minimum Gasteiger partial charge on any atom is -0.494 e. The van der Waals surface area contributed by atoms with Gasteiger partial charge >= 0.3 is 0 Å². The molecule has 0 unspecified atom stereocenters. The van der Waals surface area contributed by atoms with Crippen molar-refractivity contribution in [2.45, 2.75) is 39.5 Å². The summed E-state index contributed by atoms with van der Waals surface area (Å²) in [5, 5.41) is 16.4. The van der Waals surface area contributed by atoms with Gasteiger partial charge in [-0.1, -0.05) is 32.3 Å². The fourth-order valence-corrected chi connectivity index (χ4v) is 2.85. The third-order valence-corrected chi connectivity index (χ3v) is 4.48. The molecule has 0 fully saturated rings. The molecule has 2 N–H and O–H groups in total. The van der Waals surface area contributed by atoms with Crippen LogP contribution >= 0.6 is 12.2 Å². The Balaban J connectivity index is 1.87. The summed E-state index contributed by atoms with van der Waals surface area (Å²) in [5.41, 5.74) is 1.39. The first-order valence-corrected chi connectivity index (χ1v) is 9.91. The molecule has 8 heteroatoms. The maximum atomic E-state index is 12.3. The normalized spacial score (nSPS) is 10.3. The van der Waals surface area contributed by atoms with Crippen LogP contribution in [0.4, 0.5) is 11.4 Å². The number of hydrogen-bond donors (Lipinski definition) is 2. The predicted molar refractivity (Wildman–Crippen MR) is 118 cm³/mol. The van der Waals surface area contributed by atoms with Gasteiger partial charge < -0.3 is 10.1 Å². The minimum atomic E-state index is -0.463. The van der Waals surface area contributed by atoms with Crippen molar-refractivity contribution >= 4 is 34.6 Å². The topological polar surface area (TPSA) is 93.5 Å². The van der Waals surface area contributed by atoms with Gasteiger partial charge in [-0.3, -0.25) is 20.2 Å². The number of hydrogen-bond acceptors (Lipinski definition) is 5. The first kappa shape index (κ1) is 22.3. The lowest BCUT2D eigenvalue weighted by Crippen LogP contribution is -2.34. The number of nitro benzene ring substituents is 1. The third-order valence-electron chi connectivity index (χ3n) is 4.27. The molecule has 0 heterocycles. The van der Waals surface area contributed by atoms with E-state index in [9.17, 15) is 14.9 Å². The molecule has 0 saturated carbocycles. The molecule has 29 heavy (non-hydrogen) atoms. The Hall–Kier alpha value is -3.00. The van der Waals surface area contributed by atoms with Crippen molar-refractivity contribution in [3.63, 3.8) is 0 Å². The second-order valence-corrected chi connectivity index (χ2v) is 7.01. The van der Waals surface area contributed by atoms with Crippen LogP contribution < -0.4 is 15.4 Å². The Morgan fingerprint density at radius 1 is 1.14 bits per heavy atom. The van der Waals surface area contributed by atoms with Gasteiger partial charge in [0.25, 0.3) is 11.6 Å². The van der Waals surface area contributed by atoms with Crippen LogP contribution in [0.5, 0.6) is 5.75 Å². The largest absolute Gasteiger partial charge is 0.494 e. The SMILES string of the molecule is CCCCCCOc1ccc(C(=O)NC(=S)Nc2ccc(C)c([N+](=O)[O-])c2)cc1. The number of carbonyl (C=O) groups excluding carboxylic acids is 1. The van der Waals surface area contributed by atoms with Crippen molar-refractivity contribution in [1.29, 1.82) is 0 Å². The van der Waals surface area contributed by atoms with E-state index < -0.39 is 4.92 Å².